The van der Waals surface area contributed by atoms with E-state index in [4.69, 9.17) is 37.3 Å². The fourth-order valence-corrected chi connectivity index (χ4v) is 5.24. The molecule has 0 bridgehead atoms. The Kier molecular flexibility index (Phi) is 7.51. The van der Waals surface area contributed by atoms with E-state index in [1.54, 1.807) is 31.4 Å². The van der Waals surface area contributed by atoms with Gasteiger partial charge in [0.05, 0.1) is 28.5 Å². The molecule has 0 spiro atoms. The summed E-state index contributed by atoms with van der Waals surface area (Å²) in [5, 5.41) is 5.02. The highest BCUT2D eigenvalue weighted by molar-refractivity contribution is 7.16. The van der Waals surface area contributed by atoms with Crippen LogP contribution in [0.3, 0.4) is 0 Å². The molecule has 3 aromatic carbocycles. The monoisotopic (exact) mass is 563 g/mol. The molecule has 1 amide bonds. The van der Waals surface area contributed by atoms with E-state index < -0.39 is 0 Å². The van der Waals surface area contributed by atoms with Crippen LogP contribution in [0.15, 0.2) is 76.1 Å². The van der Waals surface area contributed by atoms with Gasteiger partial charge >= 0.3 is 0 Å². The zero-order chi connectivity index (χ0) is 26.8. The Morgan fingerprint density at radius 1 is 1.08 bits per heavy atom. The number of halogens is 2. The maximum atomic E-state index is 13.6. The number of fused-ring (bicyclic) bond motifs is 1. The summed E-state index contributed by atoms with van der Waals surface area (Å²) in [4.78, 5) is 24.0. The predicted octanol–water partition coefficient (Wildman–Crippen LogP) is 8.23. The summed E-state index contributed by atoms with van der Waals surface area (Å²) in [5.74, 6) is 0.163. The van der Waals surface area contributed by atoms with E-state index in [9.17, 15) is 4.79 Å². The van der Waals surface area contributed by atoms with Crippen LogP contribution in [0.25, 0.3) is 22.2 Å². The molecule has 0 saturated carbocycles. The summed E-state index contributed by atoms with van der Waals surface area (Å²) >= 11 is 13.7. The third kappa shape index (κ3) is 5.31. The van der Waals surface area contributed by atoms with Gasteiger partial charge in [0.2, 0.25) is 5.55 Å². The zero-order valence-electron chi connectivity index (χ0n) is 20.8. The van der Waals surface area contributed by atoms with E-state index in [1.807, 2.05) is 56.3 Å². The lowest BCUT2D eigenvalue weighted by Crippen LogP contribution is -2.21. The molecule has 38 heavy (non-hydrogen) atoms. The number of methoxy groups -OCH3 is 1. The molecule has 0 saturated heterocycles. The largest absolute Gasteiger partial charge is 0.493 e. The average molecular weight is 564 g/mol. The van der Waals surface area contributed by atoms with E-state index in [1.165, 1.54) is 11.3 Å². The number of benzene rings is 3. The Bertz CT molecular complexity index is 1740. The first kappa shape index (κ1) is 26.0. The number of carbonyl (C=O) groups excluding carboxylic acids is 1. The molecule has 2 heterocycles. The van der Waals surface area contributed by atoms with Gasteiger partial charge in [-0.3, -0.25) is 10.1 Å². The average Bonchev–Trinajstić information content (AvgIpc) is 3.32. The molecular weight excluding hydrogens is 541 g/mol. The van der Waals surface area contributed by atoms with Gasteiger partial charge in [-0.2, -0.15) is 0 Å². The van der Waals surface area contributed by atoms with Gasteiger partial charge < -0.3 is 9.15 Å². The first-order valence-corrected chi connectivity index (χ1v) is 13.4. The van der Waals surface area contributed by atoms with Crippen LogP contribution in [0.2, 0.25) is 10.0 Å². The topological polar surface area (TPSA) is 76.7 Å². The second-order valence-corrected chi connectivity index (χ2v) is 10.4. The van der Waals surface area contributed by atoms with Crippen molar-refractivity contribution in [1.29, 1.82) is 0 Å². The molecule has 6 nitrogen and oxygen atoms in total. The fourth-order valence-electron chi connectivity index (χ4n) is 4.02. The highest BCUT2D eigenvalue weighted by Crippen LogP contribution is 2.35. The Hall–Kier alpha value is -3.65. The highest BCUT2D eigenvalue weighted by atomic mass is 35.5. The lowest BCUT2D eigenvalue weighted by atomic mass is 10.1. The lowest BCUT2D eigenvalue weighted by Gasteiger charge is -2.08. The maximum absolute atomic E-state index is 13.6. The Morgan fingerprint density at radius 3 is 2.63 bits per heavy atom. The molecular formula is C29H23Cl2N3O3S. The number of aromatic nitrogens is 1. The van der Waals surface area contributed by atoms with Crippen molar-refractivity contribution in [2.24, 2.45) is 4.99 Å². The minimum atomic E-state index is -0.387. The molecule has 1 N–H and O–H groups in total. The van der Waals surface area contributed by atoms with E-state index in [0.717, 1.165) is 28.1 Å². The first-order valence-electron chi connectivity index (χ1n) is 11.8. The summed E-state index contributed by atoms with van der Waals surface area (Å²) in [5.41, 5.74) is 4.24. The van der Waals surface area contributed by atoms with Crippen LogP contribution in [-0.2, 0) is 6.42 Å². The number of aryl methyl sites for hydroxylation is 2. The minimum Gasteiger partial charge on any atom is -0.493 e. The number of hydrogen-bond acceptors (Lipinski definition) is 6. The summed E-state index contributed by atoms with van der Waals surface area (Å²) in [6, 6.07) is 20.3. The predicted molar refractivity (Wildman–Crippen MR) is 154 cm³/mol. The highest BCUT2D eigenvalue weighted by Gasteiger charge is 2.19. The van der Waals surface area contributed by atoms with Crippen LogP contribution in [-0.4, -0.2) is 18.0 Å². The number of thiazole rings is 1. The fraction of sp³-hybridized carbons (Fsp3) is 0.138. The number of nitrogens with one attached hydrogen (secondary N) is 1. The van der Waals surface area contributed by atoms with Crippen molar-refractivity contribution < 1.29 is 13.9 Å². The molecule has 5 rings (SSSR count). The van der Waals surface area contributed by atoms with Crippen LogP contribution in [0.5, 0.6) is 5.75 Å². The van der Waals surface area contributed by atoms with E-state index >= 15 is 0 Å². The van der Waals surface area contributed by atoms with Crippen molar-refractivity contribution in [3.63, 3.8) is 0 Å². The van der Waals surface area contributed by atoms with Crippen LogP contribution in [0, 0.1) is 6.92 Å². The van der Waals surface area contributed by atoms with Gasteiger partial charge in [-0.1, -0.05) is 60.5 Å². The van der Waals surface area contributed by atoms with Crippen LogP contribution in [0.4, 0.5) is 10.8 Å². The van der Waals surface area contributed by atoms with Gasteiger partial charge in [-0.15, -0.1) is 11.3 Å². The van der Waals surface area contributed by atoms with Crippen LogP contribution >= 0.6 is 34.5 Å². The summed E-state index contributed by atoms with van der Waals surface area (Å²) < 4.78 is 11.6. The molecule has 192 valence electrons. The van der Waals surface area contributed by atoms with Gasteiger partial charge in [0.25, 0.3) is 5.91 Å². The standard InChI is InChI=1S/C29H23Cl2N3O3S/c1-4-24-25(17-11-12-21(30)22(31)15-17)33-29(38-24)34-27(35)20-14-18-8-6-10-23(36-3)26(18)37-28(20)32-19-9-5-7-16(2)13-19/h5-15H,4H2,1-3H3,(H,33,34,35). The van der Waals surface area contributed by atoms with Gasteiger partial charge in [0.15, 0.2) is 16.5 Å². The van der Waals surface area contributed by atoms with E-state index in [0.29, 0.717) is 37.6 Å². The molecule has 0 unspecified atom stereocenters. The SMILES string of the molecule is CCc1sc(NC(=O)c2cc3cccc(OC)c3oc2=Nc2cccc(C)c2)nc1-c1ccc(Cl)c(Cl)c1. The third-order valence-electron chi connectivity index (χ3n) is 5.87. The van der Waals surface area contributed by atoms with Crippen LogP contribution < -0.4 is 15.6 Å². The lowest BCUT2D eigenvalue weighted by molar-refractivity contribution is 0.102. The van der Waals surface area contributed by atoms with E-state index in [2.05, 4.69) is 10.3 Å². The molecule has 9 heteroatoms. The van der Waals surface area contributed by atoms with Crippen molar-refractivity contribution in [3.8, 4) is 17.0 Å². The van der Waals surface area contributed by atoms with Crippen molar-refractivity contribution in [2.45, 2.75) is 20.3 Å². The summed E-state index contributed by atoms with van der Waals surface area (Å²) in [6.45, 7) is 4.01. The minimum absolute atomic E-state index is 0.169. The summed E-state index contributed by atoms with van der Waals surface area (Å²) in [7, 11) is 1.57. The molecule has 0 atom stereocenters. The Morgan fingerprint density at radius 2 is 1.89 bits per heavy atom. The smallest absolute Gasteiger partial charge is 0.262 e. The van der Waals surface area contributed by atoms with Crippen LogP contribution in [0.1, 0.15) is 27.7 Å². The molecule has 5 aromatic rings. The molecule has 0 aliphatic rings. The number of amides is 1. The molecule has 0 fully saturated rings. The summed E-state index contributed by atoms with van der Waals surface area (Å²) in [6.07, 6.45) is 0.738. The first-order chi connectivity index (χ1) is 18.4. The van der Waals surface area contributed by atoms with Gasteiger partial charge in [-0.05, 0) is 55.3 Å². The van der Waals surface area contributed by atoms with E-state index in [-0.39, 0.29) is 17.0 Å². The second kappa shape index (κ2) is 11.0. The zero-order valence-corrected chi connectivity index (χ0v) is 23.2. The Labute approximate surface area is 233 Å². The van der Waals surface area contributed by atoms with Crippen molar-refractivity contribution in [3.05, 3.63) is 98.3 Å². The number of rotatable bonds is 6. The molecule has 0 radical (unpaired) electrons. The molecule has 2 aromatic heterocycles. The second-order valence-electron chi connectivity index (χ2n) is 8.52. The molecule has 0 aliphatic heterocycles. The normalized spacial score (nSPS) is 11.7. The number of hydrogen-bond donors (Lipinski definition) is 1. The number of ether oxygens (including phenoxy) is 1. The Balaban J connectivity index is 1.59. The van der Waals surface area contributed by atoms with Crippen molar-refractivity contribution in [2.75, 3.05) is 12.4 Å². The van der Waals surface area contributed by atoms with Crippen molar-refractivity contribution in [1.82, 2.24) is 4.98 Å². The number of anilines is 1. The number of carbonyl (C=O) groups is 1. The van der Waals surface area contributed by atoms with Gasteiger partial charge in [-0.25, -0.2) is 9.98 Å². The number of para-hydroxylation sites is 1. The quantitative estimate of drug-likeness (QED) is 0.225. The van der Waals surface area contributed by atoms with Crippen molar-refractivity contribution >= 4 is 62.2 Å². The third-order valence-corrected chi connectivity index (χ3v) is 7.72. The van der Waals surface area contributed by atoms with Gasteiger partial charge in [0, 0.05) is 15.8 Å². The van der Waals surface area contributed by atoms with Gasteiger partial charge in [0.1, 0.15) is 5.56 Å². The maximum Gasteiger partial charge on any atom is 0.262 e. The molecule has 0 aliphatic carbocycles. The number of nitrogens with zero attached hydrogens (tertiary/aromatic N) is 2.